The van der Waals surface area contributed by atoms with Gasteiger partial charge in [-0.2, -0.15) is 0 Å². The highest BCUT2D eigenvalue weighted by Gasteiger charge is 2.21. The van der Waals surface area contributed by atoms with Crippen molar-refractivity contribution in [2.24, 2.45) is 5.92 Å². The number of hydrogen-bond donors (Lipinski definition) is 1. The zero-order chi connectivity index (χ0) is 16.8. The van der Waals surface area contributed by atoms with E-state index in [1.165, 1.54) is 44.2 Å². The number of carbonyl (C=O) groups excluding carboxylic acids is 1. The van der Waals surface area contributed by atoms with Crippen molar-refractivity contribution in [3.8, 4) is 0 Å². The zero-order valence-electron chi connectivity index (χ0n) is 13.5. The molecule has 0 aromatic carbocycles. The highest BCUT2D eigenvalue weighted by Crippen LogP contribution is 2.32. The Kier molecular flexibility index (Phi) is 3.77. The van der Waals surface area contributed by atoms with Crippen molar-refractivity contribution in [3.05, 3.63) is 49.0 Å². The fourth-order valence-electron chi connectivity index (χ4n) is 3.12. The molecule has 4 rings (SSSR count). The maximum absolute atomic E-state index is 12.6. The van der Waals surface area contributed by atoms with Gasteiger partial charge in [-0.05, 0) is 55.2 Å². The molecule has 1 N–H and O–H groups in total. The minimum atomic E-state index is -0.247. The monoisotopic (exact) mass is 359 g/mol. The first-order valence-corrected chi connectivity index (χ1v) is 9.62. The van der Waals surface area contributed by atoms with E-state index in [1.807, 2.05) is 11.4 Å². The quantitative estimate of drug-likeness (QED) is 0.763. The predicted octanol–water partition coefficient (Wildman–Crippen LogP) is 3.34. The highest BCUT2D eigenvalue weighted by molar-refractivity contribution is 7.16. The first kappa shape index (κ1) is 15.5. The number of nitrogens with one attached hydrogen (secondary N) is 1. The fourth-order valence-corrected chi connectivity index (χ4v) is 5.02. The highest BCUT2D eigenvalue weighted by atomic mass is 32.1. The van der Waals surface area contributed by atoms with Gasteiger partial charge >= 0.3 is 0 Å². The van der Waals surface area contributed by atoms with E-state index in [0.717, 1.165) is 12.8 Å². The largest absolute Gasteiger partial charge is 0.281 e. The van der Waals surface area contributed by atoms with E-state index in [-0.39, 0.29) is 11.5 Å². The van der Waals surface area contributed by atoms with Crippen molar-refractivity contribution in [1.82, 2.24) is 9.66 Å². The van der Waals surface area contributed by atoms with Crippen LogP contribution in [0.5, 0.6) is 0 Å². The predicted molar refractivity (Wildman–Crippen MR) is 97.8 cm³/mol. The molecule has 5 nitrogen and oxygen atoms in total. The fraction of sp³-hybridized carbons (Fsp3) is 0.353. The SMILES string of the molecule is Cc1nc2sccc2c(=O)n1NC(=O)c1cc2c(s1)CCC(C)C2. The van der Waals surface area contributed by atoms with Crippen LogP contribution in [0.2, 0.25) is 0 Å². The molecule has 0 bridgehead atoms. The summed E-state index contributed by atoms with van der Waals surface area (Å²) in [6.45, 7) is 3.97. The molecule has 1 aliphatic rings. The molecular weight excluding hydrogens is 342 g/mol. The minimum absolute atomic E-state index is 0.234. The van der Waals surface area contributed by atoms with Crippen LogP contribution in [0, 0.1) is 12.8 Å². The van der Waals surface area contributed by atoms with Crippen molar-refractivity contribution < 1.29 is 4.79 Å². The van der Waals surface area contributed by atoms with E-state index in [9.17, 15) is 9.59 Å². The number of aromatic nitrogens is 2. The molecule has 0 spiro atoms. The normalized spacial score (nSPS) is 17.0. The van der Waals surface area contributed by atoms with Crippen LogP contribution in [0.25, 0.3) is 10.2 Å². The summed E-state index contributed by atoms with van der Waals surface area (Å²) >= 11 is 2.96. The van der Waals surface area contributed by atoms with E-state index in [4.69, 9.17) is 0 Å². The minimum Gasteiger partial charge on any atom is -0.267 e. The van der Waals surface area contributed by atoms with E-state index < -0.39 is 0 Å². The van der Waals surface area contributed by atoms with Gasteiger partial charge in [0.1, 0.15) is 10.7 Å². The number of nitrogens with zero attached hydrogens (tertiary/aromatic N) is 2. The van der Waals surface area contributed by atoms with Crippen molar-refractivity contribution >= 4 is 38.8 Å². The van der Waals surface area contributed by atoms with Crippen LogP contribution in [-0.2, 0) is 12.8 Å². The van der Waals surface area contributed by atoms with E-state index in [1.54, 1.807) is 13.0 Å². The molecule has 0 saturated carbocycles. The summed E-state index contributed by atoms with van der Waals surface area (Å²) in [4.78, 5) is 32.2. The lowest BCUT2D eigenvalue weighted by Crippen LogP contribution is -2.35. The standard InChI is InChI=1S/C17H17N3O2S2/c1-9-3-4-13-11(7-9)8-14(24-13)15(21)19-20-10(2)18-16-12(17(20)22)5-6-23-16/h5-6,8-9H,3-4,7H2,1-2H3,(H,19,21). The number of fused-ring (bicyclic) bond motifs is 2. The Morgan fingerprint density at radius 2 is 2.29 bits per heavy atom. The molecule has 0 saturated heterocycles. The van der Waals surface area contributed by atoms with Gasteiger partial charge in [-0.25, -0.2) is 9.66 Å². The Morgan fingerprint density at radius 1 is 1.46 bits per heavy atom. The lowest BCUT2D eigenvalue weighted by molar-refractivity contribution is 0.101. The molecule has 3 aromatic heterocycles. The lowest BCUT2D eigenvalue weighted by Gasteiger charge is -2.16. The summed E-state index contributed by atoms with van der Waals surface area (Å²) in [5, 5.41) is 2.37. The van der Waals surface area contributed by atoms with Crippen LogP contribution in [0.1, 0.15) is 39.3 Å². The molecule has 3 heterocycles. The molecule has 124 valence electrons. The van der Waals surface area contributed by atoms with Crippen molar-refractivity contribution in [2.45, 2.75) is 33.1 Å². The Morgan fingerprint density at radius 3 is 3.12 bits per heavy atom. The summed E-state index contributed by atoms with van der Waals surface area (Å²) < 4.78 is 1.25. The molecular formula is C17H17N3O2S2. The number of hydrogen-bond acceptors (Lipinski definition) is 5. The Hall–Kier alpha value is -1.99. The average molecular weight is 359 g/mol. The van der Waals surface area contributed by atoms with E-state index in [0.29, 0.717) is 26.8 Å². The first-order valence-electron chi connectivity index (χ1n) is 7.92. The molecule has 0 radical (unpaired) electrons. The molecule has 1 atom stereocenters. The zero-order valence-corrected chi connectivity index (χ0v) is 15.1. The third kappa shape index (κ3) is 2.57. The van der Waals surface area contributed by atoms with Gasteiger partial charge < -0.3 is 0 Å². The Bertz CT molecular complexity index is 999. The van der Waals surface area contributed by atoms with Gasteiger partial charge in [0, 0.05) is 4.88 Å². The van der Waals surface area contributed by atoms with Gasteiger partial charge in [-0.3, -0.25) is 15.0 Å². The van der Waals surface area contributed by atoms with Crippen molar-refractivity contribution in [2.75, 3.05) is 5.43 Å². The van der Waals surface area contributed by atoms with Crippen LogP contribution in [0.3, 0.4) is 0 Å². The average Bonchev–Trinajstić information content (AvgIpc) is 3.17. The van der Waals surface area contributed by atoms with Crippen molar-refractivity contribution in [1.29, 1.82) is 0 Å². The topological polar surface area (TPSA) is 64.0 Å². The van der Waals surface area contributed by atoms with Gasteiger partial charge in [0.2, 0.25) is 0 Å². The number of amides is 1. The molecule has 3 aromatic rings. The van der Waals surface area contributed by atoms with Gasteiger partial charge in [-0.1, -0.05) is 6.92 Å². The van der Waals surface area contributed by atoms with Crippen LogP contribution >= 0.6 is 22.7 Å². The second-order valence-electron chi connectivity index (χ2n) is 6.29. The first-order chi connectivity index (χ1) is 11.5. The molecule has 1 aliphatic carbocycles. The molecule has 1 unspecified atom stereocenters. The molecule has 24 heavy (non-hydrogen) atoms. The molecule has 7 heteroatoms. The summed E-state index contributed by atoms with van der Waals surface area (Å²) in [5.74, 6) is 0.903. The number of carbonyl (C=O) groups is 1. The maximum Gasteiger partial charge on any atom is 0.281 e. The number of rotatable bonds is 2. The van der Waals surface area contributed by atoms with Gasteiger partial charge in [0.05, 0.1) is 10.3 Å². The third-order valence-electron chi connectivity index (χ3n) is 4.43. The summed E-state index contributed by atoms with van der Waals surface area (Å²) in [6.07, 6.45) is 3.24. The lowest BCUT2D eigenvalue weighted by atomic mass is 9.90. The summed E-state index contributed by atoms with van der Waals surface area (Å²) in [5.41, 5.74) is 3.76. The van der Waals surface area contributed by atoms with Crippen LogP contribution in [0.15, 0.2) is 22.3 Å². The van der Waals surface area contributed by atoms with Gasteiger partial charge in [0.15, 0.2) is 0 Å². The van der Waals surface area contributed by atoms with E-state index in [2.05, 4.69) is 17.3 Å². The number of thiophene rings is 2. The number of aryl methyl sites for hydroxylation is 2. The second-order valence-corrected chi connectivity index (χ2v) is 8.32. The second kappa shape index (κ2) is 5.82. The summed E-state index contributed by atoms with van der Waals surface area (Å²) in [7, 11) is 0. The Balaban J connectivity index is 1.66. The van der Waals surface area contributed by atoms with Crippen LogP contribution in [0.4, 0.5) is 0 Å². The smallest absolute Gasteiger partial charge is 0.267 e. The van der Waals surface area contributed by atoms with E-state index >= 15 is 0 Å². The molecule has 1 amide bonds. The van der Waals surface area contributed by atoms with Gasteiger partial charge in [0.25, 0.3) is 11.5 Å². The Labute approximate surface area is 146 Å². The third-order valence-corrected chi connectivity index (χ3v) is 6.47. The van der Waals surface area contributed by atoms with Crippen molar-refractivity contribution in [3.63, 3.8) is 0 Å². The molecule has 0 aliphatic heterocycles. The van der Waals surface area contributed by atoms with Gasteiger partial charge in [-0.15, -0.1) is 22.7 Å². The van der Waals surface area contributed by atoms with Crippen LogP contribution < -0.4 is 11.0 Å². The maximum atomic E-state index is 12.6. The summed E-state index contributed by atoms with van der Waals surface area (Å²) in [6, 6.07) is 3.71. The van der Waals surface area contributed by atoms with Crippen LogP contribution in [-0.4, -0.2) is 15.6 Å². The molecule has 0 fully saturated rings.